The van der Waals surface area contributed by atoms with E-state index in [2.05, 4.69) is 26.5 Å². The first-order valence-electron chi connectivity index (χ1n) is 5.41. The summed E-state index contributed by atoms with van der Waals surface area (Å²) in [6.45, 7) is 6.09. The number of hydrogen-bond acceptors (Lipinski definition) is 4. The van der Waals surface area contributed by atoms with E-state index in [-0.39, 0.29) is 22.3 Å². The van der Waals surface area contributed by atoms with Crippen LogP contribution >= 0.6 is 12.6 Å². The molecule has 0 aromatic heterocycles. The van der Waals surface area contributed by atoms with Crippen LogP contribution in [0.15, 0.2) is 0 Å². The molecule has 3 atom stereocenters. The van der Waals surface area contributed by atoms with Gasteiger partial charge in [-0.15, -0.1) is 7.72 Å². The molecule has 0 saturated carbocycles. The van der Waals surface area contributed by atoms with E-state index in [0.717, 1.165) is 0 Å². The lowest BCUT2D eigenvalue weighted by Crippen LogP contribution is -2.48. The van der Waals surface area contributed by atoms with Gasteiger partial charge in [0.25, 0.3) is 0 Å². The Morgan fingerprint density at radius 2 is 1.62 bits per heavy atom. The lowest BCUT2D eigenvalue weighted by molar-refractivity contribution is -0.111. The second-order valence-corrected chi connectivity index (χ2v) is 15.2. The zero-order valence-electron chi connectivity index (χ0n) is 11.1. The van der Waals surface area contributed by atoms with Gasteiger partial charge in [0.05, 0.1) is 5.25 Å². The minimum Gasteiger partial charge on any atom is -0.327 e. The summed E-state index contributed by atoms with van der Waals surface area (Å²) in [7, 11) is -2.37. The highest BCUT2D eigenvalue weighted by molar-refractivity contribution is 8.59. The van der Waals surface area contributed by atoms with Crippen molar-refractivity contribution in [2.24, 2.45) is 17.6 Å². The van der Waals surface area contributed by atoms with E-state index in [1.807, 2.05) is 25.7 Å². The molecular formula is C11H25NOS3. The number of carbonyl (C=O) groups excluding carboxylic acids is 1. The van der Waals surface area contributed by atoms with Gasteiger partial charge in [0.15, 0.2) is 5.12 Å². The molecule has 0 aliphatic heterocycles. The van der Waals surface area contributed by atoms with Crippen LogP contribution in [0.25, 0.3) is 0 Å². The predicted molar refractivity (Wildman–Crippen MR) is 82.3 cm³/mol. The smallest absolute Gasteiger partial charge is 0.189 e. The van der Waals surface area contributed by atoms with E-state index in [0.29, 0.717) is 5.92 Å². The summed E-state index contributed by atoms with van der Waals surface area (Å²) in [5.74, 6) is 0.394. The van der Waals surface area contributed by atoms with Gasteiger partial charge in [-0.1, -0.05) is 32.0 Å². The molecule has 0 heterocycles. The van der Waals surface area contributed by atoms with Gasteiger partial charge in [0.1, 0.15) is 0 Å². The molecule has 0 bridgehead atoms. The molecule has 3 unspecified atom stereocenters. The molecule has 98 valence electrons. The van der Waals surface area contributed by atoms with Crippen molar-refractivity contribution in [3.05, 3.63) is 0 Å². The molecule has 0 radical (unpaired) electrons. The summed E-state index contributed by atoms with van der Waals surface area (Å²) in [6.07, 6.45) is 5.60. The van der Waals surface area contributed by atoms with Crippen LogP contribution in [0.1, 0.15) is 20.8 Å². The Morgan fingerprint density at radius 3 is 1.88 bits per heavy atom. The largest absolute Gasteiger partial charge is 0.327 e. The maximum atomic E-state index is 12.3. The quantitative estimate of drug-likeness (QED) is 0.768. The van der Waals surface area contributed by atoms with Gasteiger partial charge in [-0.05, 0) is 30.6 Å². The van der Waals surface area contributed by atoms with Crippen LogP contribution in [0.2, 0.25) is 0 Å². The Bertz CT molecular complexity index is 321. The van der Waals surface area contributed by atoms with Crippen molar-refractivity contribution in [2.75, 3.05) is 18.8 Å². The standard InChI is InChI=1S/C11H25NOS3/c1-7(2)9(12)8(3)10(14)11(13)16(4,5,6)15/h7-10,14H,12H2,1-6H3. The minimum absolute atomic E-state index is 0.0175. The molecule has 0 aliphatic rings. The van der Waals surface area contributed by atoms with Crippen molar-refractivity contribution in [1.82, 2.24) is 0 Å². The zero-order valence-corrected chi connectivity index (χ0v) is 13.6. The molecule has 0 fully saturated rings. The van der Waals surface area contributed by atoms with E-state index in [1.54, 1.807) is 0 Å². The average Bonchev–Trinajstić information content (AvgIpc) is 2.10. The third kappa shape index (κ3) is 4.43. The van der Waals surface area contributed by atoms with E-state index in [1.165, 1.54) is 0 Å². The molecule has 2 N–H and O–H groups in total. The molecule has 0 aromatic rings. The van der Waals surface area contributed by atoms with Crippen LogP contribution in [0.3, 0.4) is 0 Å². The number of thiol groups is 1. The molecule has 0 spiro atoms. The fraction of sp³-hybridized carbons (Fsp3) is 0.909. The highest BCUT2D eigenvalue weighted by Crippen LogP contribution is 2.27. The maximum absolute atomic E-state index is 12.3. The van der Waals surface area contributed by atoms with Gasteiger partial charge >= 0.3 is 0 Å². The Balaban J connectivity index is 4.91. The zero-order chi connectivity index (χ0) is 13.3. The van der Waals surface area contributed by atoms with Crippen molar-refractivity contribution in [2.45, 2.75) is 32.1 Å². The van der Waals surface area contributed by atoms with Crippen LogP contribution < -0.4 is 5.73 Å². The van der Waals surface area contributed by atoms with Crippen molar-refractivity contribution in [3.63, 3.8) is 0 Å². The molecule has 0 aromatic carbocycles. The Kier molecular flexibility index (Phi) is 5.22. The summed E-state index contributed by atoms with van der Waals surface area (Å²) < 4.78 is 0. The predicted octanol–water partition coefficient (Wildman–Crippen LogP) is 1.47. The Morgan fingerprint density at radius 1 is 1.25 bits per heavy atom. The summed E-state index contributed by atoms with van der Waals surface area (Å²) in [4.78, 5) is 12.3. The van der Waals surface area contributed by atoms with Gasteiger partial charge in [-0.2, -0.15) is 12.6 Å². The second kappa shape index (κ2) is 5.04. The fourth-order valence-electron chi connectivity index (χ4n) is 1.44. The molecule has 0 rings (SSSR count). The monoisotopic (exact) mass is 283 g/mol. The summed E-state index contributed by atoms with van der Waals surface area (Å²) in [5.41, 5.74) is 6.06. The molecule has 2 nitrogen and oxygen atoms in total. The van der Waals surface area contributed by atoms with Crippen LogP contribution in [-0.2, 0) is 23.7 Å². The van der Waals surface area contributed by atoms with E-state index in [9.17, 15) is 4.79 Å². The first kappa shape index (κ1) is 16.6. The van der Waals surface area contributed by atoms with Crippen LogP contribution in [0.4, 0.5) is 0 Å². The van der Waals surface area contributed by atoms with Gasteiger partial charge in [-0.3, -0.25) is 4.79 Å². The lowest BCUT2D eigenvalue weighted by atomic mass is 9.90. The SMILES string of the molecule is CC(C)C(N)C(C)C(S)C(=O)S(C)(C)(C)=S. The molecular weight excluding hydrogens is 258 g/mol. The fourth-order valence-corrected chi connectivity index (χ4v) is 4.31. The molecule has 5 heteroatoms. The van der Waals surface area contributed by atoms with Crippen LogP contribution in [0, 0.1) is 11.8 Å². The summed E-state index contributed by atoms with van der Waals surface area (Å²) in [6, 6.07) is -0.0175. The topological polar surface area (TPSA) is 43.1 Å². The number of rotatable bonds is 4. The lowest BCUT2D eigenvalue weighted by Gasteiger charge is -2.37. The van der Waals surface area contributed by atoms with E-state index in [4.69, 9.17) is 16.9 Å². The van der Waals surface area contributed by atoms with Crippen molar-refractivity contribution in [1.29, 1.82) is 0 Å². The highest BCUT2D eigenvalue weighted by Gasteiger charge is 2.35. The first-order chi connectivity index (χ1) is 6.84. The molecule has 16 heavy (non-hydrogen) atoms. The molecule has 0 amide bonds. The van der Waals surface area contributed by atoms with Crippen molar-refractivity contribution < 1.29 is 4.79 Å². The summed E-state index contributed by atoms with van der Waals surface area (Å²) >= 11 is 9.86. The van der Waals surface area contributed by atoms with Crippen molar-refractivity contribution >= 4 is 36.7 Å². The maximum Gasteiger partial charge on any atom is 0.189 e. The molecule has 0 saturated heterocycles. The molecule has 0 aliphatic carbocycles. The second-order valence-electron chi connectivity index (χ2n) is 5.86. The van der Waals surface area contributed by atoms with E-state index >= 15 is 0 Å². The van der Waals surface area contributed by atoms with Crippen LogP contribution in [-0.4, -0.2) is 35.2 Å². The van der Waals surface area contributed by atoms with E-state index < -0.39 is 7.72 Å². The van der Waals surface area contributed by atoms with Crippen LogP contribution in [0.5, 0.6) is 0 Å². The third-order valence-corrected chi connectivity index (χ3v) is 5.80. The Labute approximate surface area is 110 Å². The number of carbonyl (C=O) groups is 1. The normalized spacial score (nSPS) is 20.9. The highest BCUT2D eigenvalue weighted by atomic mass is 32.9. The minimum atomic E-state index is -2.37. The third-order valence-electron chi connectivity index (χ3n) is 2.80. The van der Waals surface area contributed by atoms with Gasteiger partial charge in [0.2, 0.25) is 0 Å². The first-order valence-corrected chi connectivity index (χ1v) is 10.1. The van der Waals surface area contributed by atoms with Gasteiger partial charge < -0.3 is 5.73 Å². The number of nitrogens with two attached hydrogens (primary N) is 1. The van der Waals surface area contributed by atoms with Gasteiger partial charge in [0, 0.05) is 6.04 Å². The Hall–Kier alpha value is 0.550. The average molecular weight is 284 g/mol. The summed E-state index contributed by atoms with van der Waals surface area (Å²) in [5, 5.41) is -0.268. The number of hydrogen-bond donors (Lipinski definition) is 2. The van der Waals surface area contributed by atoms with Crippen molar-refractivity contribution in [3.8, 4) is 0 Å². The van der Waals surface area contributed by atoms with Gasteiger partial charge in [-0.25, -0.2) is 0 Å².